The second kappa shape index (κ2) is 5.48. The van der Waals surface area contributed by atoms with Gasteiger partial charge in [-0.2, -0.15) is 0 Å². The van der Waals surface area contributed by atoms with Gasteiger partial charge in [0.2, 0.25) is 6.79 Å². The van der Waals surface area contributed by atoms with Crippen LogP contribution in [0.4, 0.5) is 0 Å². The fourth-order valence-electron chi connectivity index (χ4n) is 1.79. The van der Waals surface area contributed by atoms with Crippen molar-refractivity contribution in [3.63, 3.8) is 0 Å². The van der Waals surface area contributed by atoms with Gasteiger partial charge in [-0.3, -0.25) is 0 Å². The summed E-state index contributed by atoms with van der Waals surface area (Å²) >= 11 is 5.18. The molecule has 0 spiro atoms. The minimum Gasteiger partial charge on any atom is -0.454 e. The standard InChI is InChI=1S/C12H10BrNO2S.ClH/c13-8-5-10-9(15-6-16-10)4-7(8)12(14)11-2-1-3-17-11;/h1-5,12H,6,14H2;1H/t12-;/m1./s1. The van der Waals surface area contributed by atoms with E-state index in [9.17, 15) is 0 Å². The maximum absolute atomic E-state index is 6.24. The second-order valence-corrected chi connectivity index (χ2v) is 5.55. The Hall–Kier alpha value is -0.750. The number of halogens is 2. The molecule has 1 aliphatic heterocycles. The van der Waals surface area contributed by atoms with Gasteiger partial charge in [0.05, 0.1) is 6.04 Å². The highest BCUT2D eigenvalue weighted by atomic mass is 79.9. The highest BCUT2D eigenvalue weighted by Gasteiger charge is 2.20. The van der Waals surface area contributed by atoms with Gasteiger partial charge in [-0.1, -0.05) is 22.0 Å². The van der Waals surface area contributed by atoms with E-state index in [4.69, 9.17) is 15.2 Å². The van der Waals surface area contributed by atoms with E-state index >= 15 is 0 Å². The summed E-state index contributed by atoms with van der Waals surface area (Å²) in [5, 5.41) is 2.02. The van der Waals surface area contributed by atoms with E-state index in [0.717, 1.165) is 26.4 Å². The summed E-state index contributed by atoms with van der Waals surface area (Å²) in [6, 6.07) is 7.74. The first-order valence-electron chi connectivity index (χ1n) is 5.14. The Morgan fingerprint density at radius 2 is 2.00 bits per heavy atom. The highest BCUT2D eigenvalue weighted by molar-refractivity contribution is 9.10. The monoisotopic (exact) mass is 347 g/mol. The van der Waals surface area contributed by atoms with E-state index in [-0.39, 0.29) is 25.2 Å². The average Bonchev–Trinajstić information content (AvgIpc) is 2.97. The molecule has 2 heterocycles. The van der Waals surface area contributed by atoms with Crippen molar-refractivity contribution in [1.29, 1.82) is 0 Å². The van der Waals surface area contributed by atoms with Gasteiger partial charge in [-0.05, 0) is 29.1 Å². The Balaban J connectivity index is 0.00000120. The van der Waals surface area contributed by atoms with Crippen LogP contribution in [0.15, 0.2) is 34.1 Å². The minimum atomic E-state index is -0.140. The molecule has 6 heteroatoms. The second-order valence-electron chi connectivity index (χ2n) is 3.72. The molecule has 0 unspecified atom stereocenters. The summed E-state index contributed by atoms with van der Waals surface area (Å²) in [4.78, 5) is 1.13. The van der Waals surface area contributed by atoms with Crippen LogP contribution in [0.25, 0.3) is 0 Å². The summed E-state index contributed by atoms with van der Waals surface area (Å²) in [6.07, 6.45) is 0. The maximum atomic E-state index is 6.24. The maximum Gasteiger partial charge on any atom is 0.231 e. The van der Waals surface area contributed by atoms with Crippen molar-refractivity contribution in [2.75, 3.05) is 6.79 Å². The zero-order chi connectivity index (χ0) is 11.8. The molecule has 0 saturated heterocycles. The minimum absolute atomic E-state index is 0. The molecular formula is C12H11BrClNO2S. The van der Waals surface area contributed by atoms with Gasteiger partial charge < -0.3 is 15.2 Å². The van der Waals surface area contributed by atoms with E-state index in [1.807, 2.05) is 29.6 Å². The van der Waals surface area contributed by atoms with Crippen molar-refractivity contribution in [1.82, 2.24) is 0 Å². The fraction of sp³-hybridized carbons (Fsp3) is 0.167. The molecule has 1 aliphatic rings. The molecule has 3 rings (SSSR count). The van der Waals surface area contributed by atoms with E-state index < -0.39 is 0 Å². The molecule has 1 aromatic heterocycles. The van der Waals surface area contributed by atoms with Crippen molar-refractivity contribution in [2.24, 2.45) is 5.73 Å². The number of benzene rings is 1. The lowest BCUT2D eigenvalue weighted by Crippen LogP contribution is -2.10. The van der Waals surface area contributed by atoms with Crippen LogP contribution in [-0.2, 0) is 0 Å². The molecule has 18 heavy (non-hydrogen) atoms. The van der Waals surface area contributed by atoms with Crippen LogP contribution in [0.1, 0.15) is 16.5 Å². The average molecular weight is 349 g/mol. The van der Waals surface area contributed by atoms with Crippen LogP contribution < -0.4 is 15.2 Å². The SMILES string of the molecule is Cl.N[C@@H](c1cccs1)c1cc2c(cc1Br)OCO2. The normalized spacial score (nSPS) is 14.1. The van der Waals surface area contributed by atoms with Crippen LogP contribution in [0, 0.1) is 0 Å². The number of fused-ring (bicyclic) bond motifs is 1. The van der Waals surface area contributed by atoms with Crippen molar-refractivity contribution < 1.29 is 9.47 Å². The molecule has 0 amide bonds. The van der Waals surface area contributed by atoms with Gasteiger partial charge >= 0.3 is 0 Å². The van der Waals surface area contributed by atoms with Gasteiger partial charge in [0.25, 0.3) is 0 Å². The summed E-state index contributed by atoms with van der Waals surface area (Å²) < 4.78 is 11.6. The third-order valence-corrected chi connectivity index (χ3v) is 4.32. The van der Waals surface area contributed by atoms with E-state index in [2.05, 4.69) is 15.9 Å². The predicted molar refractivity (Wildman–Crippen MR) is 77.9 cm³/mol. The first kappa shape index (κ1) is 13.7. The zero-order valence-electron chi connectivity index (χ0n) is 9.26. The molecule has 96 valence electrons. The van der Waals surface area contributed by atoms with Gasteiger partial charge in [0.15, 0.2) is 11.5 Å². The number of thiophene rings is 1. The molecule has 0 radical (unpaired) electrons. The Morgan fingerprint density at radius 3 is 2.67 bits per heavy atom. The number of nitrogens with two attached hydrogens (primary N) is 1. The van der Waals surface area contributed by atoms with Crippen LogP contribution >= 0.6 is 39.7 Å². The summed E-state index contributed by atoms with van der Waals surface area (Å²) in [5.41, 5.74) is 7.25. The lowest BCUT2D eigenvalue weighted by Gasteiger charge is -2.13. The fourth-order valence-corrected chi connectivity index (χ4v) is 3.11. The van der Waals surface area contributed by atoms with Gasteiger partial charge in [0.1, 0.15) is 0 Å². The zero-order valence-corrected chi connectivity index (χ0v) is 12.5. The Morgan fingerprint density at radius 1 is 1.28 bits per heavy atom. The number of hydrogen-bond acceptors (Lipinski definition) is 4. The Bertz CT molecular complexity index is 547. The molecule has 0 fully saturated rings. The van der Waals surface area contributed by atoms with Crippen molar-refractivity contribution in [2.45, 2.75) is 6.04 Å². The van der Waals surface area contributed by atoms with Crippen LogP contribution in [-0.4, -0.2) is 6.79 Å². The third kappa shape index (κ3) is 2.36. The lowest BCUT2D eigenvalue weighted by atomic mass is 10.1. The van der Waals surface area contributed by atoms with Crippen molar-refractivity contribution >= 4 is 39.7 Å². The van der Waals surface area contributed by atoms with Crippen molar-refractivity contribution in [3.8, 4) is 11.5 Å². The molecular weight excluding hydrogens is 338 g/mol. The van der Waals surface area contributed by atoms with Crippen molar-refractivity contribution in [3.05, 3.63) is 44.6 Å². The lowest BCUT2D eigenvalue weighted by molar-refractivity contribution is 0.174. The van der Waals surface area contributed by atoms with Crippen LogP contribution in [0.3, 0.4) is 0 Å². The van der Waals surface area contributed by atoms with Crippen LogP contribution in [0.5, 0.6) is 11.5 Å². The smallest absolute Gasteiger partial charge is 0.231 e. The molecule has 0 aliphatic carbocycles. The molecule has 2 N–H and O–H groups in total. The summed E-state index contributed by atoms with van der Waals surface area (Å²) in [7, 11) is 0. The Labute approximate surface area is 123 Å². The molecule has 3 nitrogen and oxygen atoms in total. The summed E-state index contributed by atoms with van der Waals surface area (Å²) in [5.74, 6) is 1.52. The first-order chi connectivity index (χ1) is 8.25. The van der Waals surface area contributed by atoms with Gasteiger partial charge in [-0.15, -0.1) is 23.7 Å². The number of rotatable bonds is 2. The van der Waals surface area contributed by atoms with Gasteiger partial charge in [-0.25, -0.2) is 0 Å². The molecule has 2 aromatic rings. The highest BCUT2D eigenvalue weighted by Crippen LogP contribution is 2.40. The quantitative estimate of drug-likeness (QED) is 0.900. The Kier molecular flexibility index (Phi) is 4.17. The topological polar surface area (TPSA) is 44.5 Å². The molecule has 0 saturated carbocycles. The summed E-state index contributed by atoms with van der Waals surface area (Å²) in [6.45, 7) is 0.277. The number of hydrogen-bond donors (Lipinski definition) is 1. The van der Waals surface area contributed by atoms with E-state index in [0.29, 0.717) is 0 Å². The molecule has 0 bridgehead atoms. The first-order valence-corrected chi connectivity index (χ1v) is 6.81. The molecule has 1 atom stereocenters. The predicted octanol–water partition coefficient (Wildman–Crippen LogP) is 3.71. The largest absolute Gasteiger partial charge is 0.454 e. The number of ether oxygens (including phenoxy) is 2. The molecule has 1 aromatic carbocycles. The third-order valence-electron chi connectivity index (χ3n) is 2.68. The van der Waals surface area contributed by atoms with E-state index in [1.54, 1.807) is 11.3 Å². The van der Waals surface area contributed by atoms with E-state index in [1.165, 1.54) is 0 Å². The van der Waals surface area contributed by atoms with Crippen LogP contribution in [0.2, 0.25) is 0 Å². The van der Waals surface area contributed by atoms with Gasteiger partial charge in [0, 0.05) is 9.35 Å².